The van der Waals surface area contributed by atoms with Crippen molar-refractivity contribution < 1.29 is 14.1 Å². The van der Waals surface area contributed by atoms with Crippen molar-refractivity contribution in [2.45, 2.75) is 25.7 Å². The number of anilines is 1. The summed E-state index contributed by atoms with van der Waals surface area (Å²) in [7, 11) is 0. The predicted octanol–water partition coefficient (Wildman–Crippen LogP) is 2.71. The lowest BCUT2D eigenvalue weighted by Crippen LogP contribution is -3.14. The number of aryl methyl sites for hydroxylation is 1. The zero-order chi connectivity index (χ0) is 20.6. The van der Waals surface area contributed by atoms with Crippen LogP contribution in [0.3, 0.4) is 0 Å². The molecule has 31 heavy (non-hydrogen) atoms. The molecule has 8 heteroatoms. The first-order chi connectivity index (χ1) is 15.4. The normalized spacial score (nSPS) is 17.3. The van der Waals surface area contributed by atoms with Gasteiger partial charge < -0.3 is 19.4 Å². The fourth-order valence-electron chi connectivity index (χ4n) is 4.87. The maximum atomic E-state index is 5.73. The molecule has 1 aliphatic carbocycles. The third-order valence-corrected chi connectivity index (χ3v) is 7.53. The van der Waals surface area contributed by atoms with Crippen LogP contribution >= 0.6 is 11.3 Å². The summed E-state index contributed by atoms with van der Waals surface area (Å²) in [5.74, 6) is 1.78. The number of hydrogen-bond donors (Lipinski definition) is 2. The van der Waals surface area contributed by atoms with Crippen LogP contribution in [0.15, 0.2) is 29.1 Å². The van der Waals surface area contributed by atoms with Crippen molar-refractivity contribution in [2.24, 2.45) is 0 Å². The van der Waals surface area contributed by atoms with Gasteiger partial charge in [-0.1, -0.05) is 0 Å². The number of rotatable bonds is 5. The minimum atomic E-state index is 0.857. The van der Waals surface area contributed by atoms with Gasteiger partial charge in [0.05, 0.1) is 42.8 Å². The summed E-state index contributed by atoms with van der Waals surface area (Å²) in [5.41, 5.74) is 4.76. The highest BCUT2D eigenvalue weighted by Crippen LogP contribution is 2.42. The molecule has 1 aliphatic heterocycles. The molecular formula is C23H26N5O2S+. The van der Waals surface area contributed by atoms with Crippen LogP contribution < -0.4 is 10.2 Å². The highest BCUT2D eigenvalue weighted by Gasteiger charge is 2.24. The van der Waals surface area contributed by atoms with Crippen LogP contribution in [0.25, 0.3) is 31.9 Å². The number of fused-ring (bicyclic) bond motifs is 5. The summed E-state index contributed by atoms with van der Waals surface area (Å²) in [4.78, 5) is 17.0. The maximum Gasteiger partial charge on any atom is 0.152 e. The van der Waals surface area contributed by atoms with Crippen LogP contribution in [-0.2, 0) is 17.6 Å². The number of aromatic nitrogens is 3. The van der Waals surface area contributed by atoms with Gasteiger partial charge in [0.1, 0.15) is 35.8 Å². The fourth-order valence-corrected chi connectivity index (χ4v) is 6.00. The average molecular weight is 437 g/mol. The lowest BCUT2D eigenvalue weighted by Gasteiger charge is -2.23. The van der Waals surface area contributed by atoms with E-state index in [2.05, 4.69) is 10.3 Å². The predicted molar refractivity (Wildman–Crippen MR) is 122 cm³/mol. The van der Waals surface area contributed by atoms with E-state index in [4.69, 9.17) is 19.1 Å². The summed E-state index contributed by atoms with van der Waals surface area (Å²) in [6.07, 6.45) is 7.94. The molecule has 4 aromatic rings. The van der Waals surface area contributed by atoms with Gasteiger partial charge in [0, 0.05) is 5.39 Å². The van der Waals surface area contributed by atoms with Crippen molar-refractivity contribution in [3.63, 3.8) is 0 Å². The van der Waals surface area contributed by atoms with E-state index in [-0.39, 0.29) is 0 Å². The smallest absolute Gasteiger partial charge is 0.152 e. The first-order valence-electron chi connectivity index (χ1n) is 11.2. The third-order valence-electron chi connectivity index (χ3n) is 6.45. The van der Waals surface area contributed by atoms with E-state index in [1.54, 1.807) is 28.8 Å². The average Bonchev–Trinajstić information content (AvgIpc) is 3.48. The summed E-state index contributed by atoms with van der Waals surface area (Å²) in [6, 6.07) is 3.95. The number of pyridine rings is 1. The highest BCUT2D eigenvalue weighted by molar-refractivity contribution is 7.26. The first kappa shape index (κ1) is 19.2. The van der Waals surface area contributed by atoms with Crippen LogP contribution in [0.4, 0.5) is 5.82 Å². The van der Waals surface area contributed by atoms with Crippen LogP contribution in [0.1, 0.15) is 24.0 Å². The number of nitrogens with one attached hydrogen (secondary N) is 2. The zero-order valence-electron chi connectivity index (χ0n) is 17.4. The standard InChI is InChI=1S/C23H25N5O2S/c1-2-5-16-15(4-1)18-20-21(31-23(18)27-19(16)17-6-3-11-30-17)22(26-14-25-20)24-7-8-28-9-12-29-13-10-28/h3,6,11,14H,1-2,4-5,7-10,12-13H2,(H,24,25,26)/p+1. The molecule has 0 bridgehead atoms. The Balaban J connectivity index is 1.40. The van der Waals surface area contributed by atoms with Crippen LogP contribution in [0, 0.1) is 0 Å². The molecule has 0 unspecified atom stereocenters. The second kappa shape index (κ2) is 8.18. The molecule has 4 aromatic heterocycles. The molecule has 0 saturated carbocycles. The van der Waals surface area contributed by atoms with E-state index < -0.39 is 0 Å². The van der Waals surface area contributed by atoms with Gasteiger partial charge in [-0.25, -0.2) is 15.0 Å². The third kappa shape index (κ3) is 3.48. The molecule has 2 aliphatic rings. The van der Waals surface area contributed by atoms with E-state index >= 15 is 0 Å². The van der Waals surface area contributed by atoms with Gasteiger partial charge in [-0.05, 0) is 48.9 Å². The van der Waals surface area contributed by atoms with Crippen LogP contribution in [0.2, 0.25) is 0 Å². The van der Waals surface area contributed by atoms with Gasteiger partial charge in [-0.2, -0.15) is 0 Å². The molecule has 6 rings (SSSR count). The molecule has 1 saturated heterocycles. The molecule has 0 spiro atoms. The zero-order valence-corrected chi connectivity index (χ0v) is 18.3. The minimum absolute atomic E-state index is 0.857. The van der Waals surface area contributed by atoms with E-state index in [1.807, 2.05) is 12.1 Å². The van der Waals surface area contributed by atoms with E-state index in [0.717, 1.165) is 84.6 Å². The highest BCUT2D eigenvalue weighted by atomic mass is 32.1. The van der Waals surface area contributed by atoms with Crippen molar-refractivity contribution in [3.05, 3.63) is 35.9 Å². The second-order valence-corrected chi connectivity index (χ2v) is 9.32. The van der Waals surface area contributed by atoms with Crippen molar-refractivity contribution in [2.75, 3.05) is 44.7 Å². The molecule has 0 aromatic carbocycles. The Kier molecular flexibility index (Phi) is 5.06. The van der Waals surface area contributed by atoms with Gasteiger partial charge in [0.2, 0.25) is 0 Å². The quantitative estimate of drug-likeness (QED) is 0.501. The van der Waals surface area contributed by atoms with E-state index in [1.165, 1.54) is 29.4 Å². The van der Waals surface area contributed by atoms with E-state index in [9.17, 15) is 0 Å². The molecular weight excluding hydrogens is 410 g/mol. The Morgan fingerprint density at radius 2 is 1.97 bits per heavy atom. The Morgan fingerprint density at radius 3 is 2.81 bits per heavy atom. The Morgan fingerprint density at radius 1 is 1.10 bits per heavy atom. The Hall–Kier alpha value is -2.55. The number of thiophene rings is 1. The largest absolute Gasteiger partial charge is 0.463 e. The summed E-state index contributed by atoms with van der Waals surface area (Å²) >= 11 is 1.69. The van der Waals surface area contributed by atoms with Crippen molar-refractivity contribution in [1.29, 1.82) is 0 Å². The number of furan rings is 1. The maximum absolute atomic E-state index is 5.73. The molecule has 1 fully saturated rings. The van der Waals surface area contributed by atoms with Gasteiger partial charge in [0.25, 0.3) is 0 Å². The molecule has 0 radical (unpaired) electrons. The number of morpholine rings is 1. The molecule has 2 N–H and O–H groups in total. The van der Waals surface area contributed by atoms with Gasteiger partial charge in [0.15, 0.2) is 5.76 Å². The second-order valence-electron chi connectivity index (χ2n) is 8.32. The Labute approximate surface area is 184 Å². The van der Waals surface area contributed by atoms with E-state index in [0.29, 0.717) is 0 Å². The van der Waals surface area contributed by atoms with Crippen molar-refractivity contribution >= 4 is 37.6 Å². The summed E-state index contributed by atoms with van der Waals surface area (Å²) < 4.78 is 12.3. The Bertz CT molecular complexity index is 1210. The molecule has 160 valence electrons. The van der Waals surface area contributed by atoms with Crippen LogP contribution in [-0.4, -0.2) is 54.3 Å². The SMILES string of the molecule is c1coc(-c2nc3sc4c(NCC[NH+]5CCOCC5)ncnc4c3c3c2CCCC3)c1. The number of ether oxygens (including phenoxy) is 1. The van der Waals surface area contributed by atoms with Crippen molar-refractivity contribution in [1.82, 2.24) is 15.0 Å². The lowest BCUT2D eigenvalue weighted by molar-refractivity contribution is -0.906. The number of hydrogen-bond acceptors (Lipinski definition) is 7. The molecule has 0 amide bonds. The lowest BCUT2D eigenvalue weighted by atomic mass is 9.88. The van der Waals surface area contributed by atoms with Gasteiger partial charge in [-0.3, -0.25) is 0 Å². The number of nitrogens with zero attached hydrogens (tertiary/aromatic N) is 3. The number of quaternary nitrogens is 1. The molecule has 0 atom stereocenters. The minimum Gasteiger partial charge on any atom is -0.463 e. The molecule has 5 heterocycles. The topological polar surface area (TPSA) is 77.5 Å². The molecule has 7 nitrogen and oxygen atoms in total. The summed E-state index contributed by atoms with van der Waals surface area (Å²) in [6.45, 7) is 5.83. The van der Waals surface area contributed by atoms with Crippen molar-refractivity contribution in [3.8, 4) is 11.5 Å². The fraction of sp³-hybridized carbons (Fsp3) is 0.435. The van der Waals surface area contributed by atoms with Gasteiger partial charge in [-0.15, -0.1) is 11.3 Å². The monoisotopic (exact) mass is 436 g/mol. The summed E-state index contributed by atoms with van der Waals surface area (Å²) in [5, 5.41) is 4.79. The van der Waals surface area contributed by atoms with Crippen LogP contribution in [0.5, 0.6) is 0 Å². The van der Waals surface area contributed by atoms with Gasteiger partial charge >= 0.3 is 0 Å². The first-order valence-corrected chi connectivity index (χ1v) is 12.0.